The Morgan fingerprint density at radius 3 is 1.54 bits per heavy atom. The van der Waals surface area contributed by atoms with Crippen molar-refractivity contribution in [3.8, 4) is 18.2 Å². The summed E-state index contributed by atoms with van der Waals surface area (Å²) in [7, 11) is 0. The molecule has 5 nitrogen and oxygen atoms in total. The molecule has 0 saturated carbocycles. The van der Waals surface area contributed by atoms with E-state index in [9.17, 15) is 15.8 Å². The van der Waals surface area contributed by atoms with Gasteiger partial charge in [-0.25, -0.2) is 0 Å². The van der Waals surface area contributed by atoms with Crippen molar-refractivity contribution in [1.82, 2.24) is 10.6 Å². The summed E-state index contributed by atoms with van der Waals surface area (Å²) in [5.41, 5.74) is 4.21. The minimum Gasteiger partial charge on any atom is -0.387 e. The Labute approximate surface area is 225 Å². The molecule has 0 unspecified atom stereocenters. The quantitative estimate of drug-likeness (QED) is 0.234. The average molecular weight is 535 g/mol. The topological polar surface area (TPSA) is 95.4 Å². The summed E-state index contributed by atoms with van der Waals surface area (Å²) in [5, 5.41) is 35.5. The maximum absolute atomic E-state index is 9.67. The van der Waals surface area contributed by atoms with Gasteiger partial charge in [0.05, 0.1) is 11.1 Å². The van der Waals surface area contributed by atoms with Crippen molar-refractivity contribution in [2.45, 2.75) is 79.1 Å². The zero-order valence-electron chi connectivity index (χ0n) is 21.0. The molecule has 0 aromatic rings. The van der Waals surface area contributed by atoms with Gasteiger partial charge in [0.1, 0.15) is 27.7 Å². The predicted molar refractivity (Wildman–Crippen MR) is 143 cm³/mol. The molecule has 2 aliphatic carbocycles. The summed E-state index contributed by atoms with van der Waals surface area (Å²) in [6, 6.07) is 6.51. The van der Waals surface area contributed by atoms with E-state index in [4.69, 9.17) is 34.8 Å². The van der Waals surface area contributed by atoms with Gasteiger partial charge in [0, 0.05) is 35.6 Å². The van der Waals surface area contributed by atoms with Crippen LogP contribution in [0, 0.1) is 44.8 Å². The van der Waals surface area contributed by atoms with Crippen LogP contribution < -0.4 is 10.6 Å². The summed E-state index contributed by atoms with van der Waals surface area (Å²) in [5.74, 6) is 0. The Hall–Kier alpha value is -2.10. The van der Waals surface area contributed by atoms with E-state index in [1.807, 2.05) is 6.07 Å². The van der Waals surface area contributed by atoms with Crippen LogP contribution in [-0.4, -0.2) is 13.1 Å². The van der Waals surface area contributed by atoms with Gasteiger partial charge in [-0.05, 0) is 49.4 Å². The van der Waals surface area contributed by atoms with Gasteiger partial charge in [-0.2, -0.15) is 15.8 Å². The van der Waals surface area contributed by atoms with E-state index in [2.05, 4.69) is 50.5 Å². The monoisotopic (exact) mass is 533 g/mol. The van der Waals surface area contributed by atoms with Crippen molar-refractivity contribution in [1.29, 1.82) is 15.8 Å². The Morgan fingerprint density at radius 2 is 1.14 bits per heavy atom. The van der Waals surface area contributed by atoms with Gasteiger partial charge in [0.15, 0.2) is 0 Å². The Bertz CT molecular complexity index is 1070. The van der Waals surface area contributed by atoms with E-state index in [1.54, 1.807) is 0 Å². The highest BCUT2D eigenvalue weighted by Crippen LogP contribution is 2.44. The van der Waals surface area contributed by atoms with E-state index < -0.39 is 0 Å². The smallest absolute Gasteiger partial charge is 0.122 e. The van der Waals surface area contributed by atoms with E-state index >= 15 is 0 Å². The molecule has 188 valence electrons. The van der Waals surface area contributed by atoms with Crippen molar-refractivity contribution in [2.75, 3.05) is 13.1 Å². The maximum atomic E-state index is 9.67. The summed E-state index contributed by atoms with van der Waals surface area (Å²) in [6.45, 7) is 10.1. The number of nitriles is 3. The Balaban J connectivity index is 1.85. The fourth-order valence-corrected chi connectivity index (χ4v) is 5.31. The van der Waals surface area contributed by atoms with Crippen molar-refractivity contribution in [3.05, 3.63) is 43.2 Å². The van der Waals surface area contributed by atoms with Crippen LogP contribution in [0.4, 0.5) is 0 Å². The highest BCUT2D eigenvalue weighted by atomic mass is 35.5. The molecular weight excluding hydrogens is 501 g/mol. The van der Waals surface area contributed by atoms with E-state index in [1.165, 1.54) is 0 Å². The third-order valence-corrected chi connectivity index (χ3v) is 7.19. The Morgan fingerprint density at radius 1 is 0.714 bits per heavy atom. The second-order valence-electron chi connectivity index (χ2n) is 10.9. The molecule has 0 amide bonds. The zero-order chi connectivity index (χ0) is 26.2. The molecule has 0 aromatic carbocycles. The summed E-state index contributed by atoms with van der Waals surface area (Å²) < 4.78 is 0.176. The molecule has 0 saturated heterocycles. The van der Waals surface area contributed by atoms with Crippen LogP contribution in [-0.2, 0) is 0 Å². The number of unbranched alkanes of at least 4 members (excludes halogenated alkanes) is 3. The van der Waals surface area contributed by atoms with Gasteiger partial charge >= 0.3 is 0 Å². The lowest BCUT2D eigenvalue weighted by atomic mass is 9.74. The number of halogens is 3. The highest BCUT2D eigenvalue weighted by Gasteiger charge is 2.33. The standard InChI is InChI=1S/C27H34Cl3N5/c1-26(2)11-18(22(28)17-33)20(15-31)23(13-26)34-9-7-5-6-8-10-35-24-14-27(3,4)12-19(25(29)30)21(24)16-32/h34-35H,5-14H2,1-4H3/b22-18+. The molecule has 8 heteroatoms. The minimum atomic E-state index is -0.0614. The fourth-order valence-electron chi connectivity index (χ4n) is 4.83. The lowest BCUT2D eigenvalue weighted by molar-refractivity contribution is 0.337. The predicted octanol–water partition coefficient (Wildman–Crippen LogP) is 7.63. The molecule has 0 heterocycles. The number of hydrogen-bond donors (Lipinski definition) is 2. The zero-order valence-corrected chi connectivity index (χ0v) is 23.3. The van der Waals surface area contributed by atoms with Gasteiger partial charge in [-0.1, -0.05) is 75.3 Å². The molecule has 0 aromatic heterocycles. The molecule has 0 spiro atoms. The molecule has 2 aliphatic rings. The van der Waals surface area contributed by atoms with Crippen LogP contribution in [0.25, 0.3) is 0 Å². The van der Waals surface area contributed by atoms with E-state index in [0.29, 0.717) is 29.6 Å². The maximum Gasteiger partial charge on any atom is 0.122 e. The third-order valence-electron chi connectivity index (χ3n) is 6.42. The minimum absolute atomic E-state index is 0.00408. The van der Waals surface area contributed by atoms with Crippen LogP contribution in [0.2, 0.25) is 0 Å². The highest BCUT2D eigenvalue weighted by molar-refractivity contribution is 6.56. The number of allylic oxidation sites excluding steroid dienone is 7. The number of nitrogens with zero attached hydrogens (tertiary/aromatic N) is 3. The van der Waals surface area contributed by atoms with Gasteiger partial charge < -0.3 is 10.6 Å². The van der Waals surface area contributed by atoms with Gasteiger partial charge in [0.25, 0.3) is 0 Å². The number of rotatable bonds is 9. The van der Waals surface area contributed by atoms with Crippen LogP contribution >= 0.6 is 34.8 Å². The molecule has 0 atom stereocenters. The average Bonchev–Trinajstić information content (AvgIpc) is 2.78. The molecule has 0 bridgehead atoms. The SMILES string of the molecule is CC1(C)CC(NCCCCCCNC2=C(C#N)/C(=C(/Cl)C#N)CC(C)(C)C2)=C(C#N)C(=C(Cl)Cl)C1. The van der Waals surface area contributed by atoms with Crippen LogP contribution in [0.1, 0.15) is 79.1 Å². The van der Waals surface area contributed by atoms with Crippen LogP contribution in [0.15, 0.2) is 43.2 Å². The second-order valence-corrected chi connectivity index (χ2v) is 12.2. The fraction of sp³-hybridized carbons (Fsp3) is 0.593. The normalized spacial score (nSPS) is 20.5. The summed E-state index contributed by atoms with van der Waals surface area (Å²) in [4.78, 5) is 0. The lowest BCUT2D eigenvalue weighted by Crippen LogP contribution is -2.28. The van der Waals surface area contributed by atoms with Crippen molar-refractivity contribution < 1.29 is 0 Å². The van der Waals surface area contributed by atoms with Crippen molar-refractivity contribution in [3.63, 3.8) is 0 Å². The third kappa shape index (κ3) is 8.22. The number of hydrogen-bond acceptors (Lipinski definition) is 5. The molecular formula is C27H34Cl3N5. The Kier molecular flexibility index (Phi) is 10.6. The van der Waals surface area contributed by atoms with Gasteiger partial charge in [-0.15, -0.1) is 0 Å². The van der Waals surface area contributed by atoms with Gasteiger partial charge in [-0.3, -0.25) is 0 Å². The van der Waals surface area contributed by atoms with Crippen LogP contribution in [0.5, 0.6) is 0 Å². The first-order chi connectivity index (χ1) is 16.4. The summed E-state index contributed by atoms with van der Waals surface area (Å²) >= 11 is 18.2. The van der Waals surface area contributed by atoms with Crippen molar-refractivity contribution in [2.24, 2.45) is 10.8 Å². The number of nitrogens with one attached hydrogen (secondary N) is 2. The van der Waals surface area contributed by atoms with E-state index in [-0.39, 0.29) is 20.4 Å². The molecule has 2 N–H and O–H groups in total. The first-order valence-corrected chi connectivity index (χ1v) is 13.2. The summed E-state index contributed by atoms with van der Waals surface area (Å²) in [6.07, 6.45) is 6.92. The second kappa shape index (κ2) is 12.7. The first-order valence-electron chi connectivity index (χ1n) is 12.0. The molecule has 35 heavy (non-hydrogen) atoms. The van der Waals surface area contributed by atoms with Gasteiger partial charge in [0.2, 0.25) is 0 Å². The van der Waals surface area contributed by atoms with Crippen LogP contribution in [0.3, 0.4) is 0 Å². The molecule has 0 radical (unpaired) electrons. The molecule has 0 aliphatic heterocycles. The lowest BCUT2D eigenvalue weighted by Gasteiger charge is -2.33. The first kappa shape index (κ1) is 29.1. The largest absolute Gasteiger partial charge is 0.387 e. The molecule has 0 fully saturated rings. The van der Waals surface area contributed by atoms with Crippen molar-refractivity contribution >= 4 is 34.8 Å². The van der Waals surface area contributed by atoms with E-state index in [0.717, 1.165) is 68.6 Å². The molecule has 2 rings (SSSR count).